The molecule has 2 heteroatoms. The van der Waals surface area contributed by atoms with Crippen molar-refractivity contribution in [3.63, 3.8) is 0 Å². The molecule has 0 saturated heterocycles. The van der Waals surface area contributed by atoms with Crippen molar-refractivity contribution in [2.24, 2.45) is 0 Å². The molecule has 1 nitrogen and oxygen atoms in total. The summed E-state index contributed by atoms with van der Waals surface area (Å²) < 4.78 is 0. The van der Waals surface area contributed by atoms with Gasteiger partial charge in [-0.05, 0) is 59.5 Å². The molecule has 118 valence electrons. The highest BCUT2D eigenvalue weighted by Gasteiger charge is 2.02. The summed E-state index contributed by atoms with van der Waals surface area (Å²) in [6.07, 6.45) is 2.30. The van der Waals surface area contributed by atoms with Gasteiger partial charge >= 0.3 is 0 Å². The van der Waals surface area contributed by atoms with Gasteiger partial charge in [0.25, 0.3) is 0 Å². The summed E-state index contributed by atoms with van der Waals surface area (Å²) in [5.74, 6) is 0. The van der Waals surface area contributed by atoms with Gasteiger partial charge in [-0.1, -0.05) is 61.5 Å². The van der Waals surface area contributed by atoms with E-state index in [1.807, 2.05) is 24.3 Å². The molecule has 0 aliphatic rings. The lowest BCUT2D eigenvalue weighted by molar-refractivity contribution is 0.918. The first-order chi connectivity index (χ1) is 11.8. The van der Waals surface area contributed by atoms with Crippen LogP contribution in [0.4, 0.5) is 0 Å². The van der Waals surface area contributed by atoms with Crippen molar-refractivity contribution in [1.29, 1.82) is 5.26 Å². The molecular weight excluding hydrogens is 310 g/mol. The molecule has 3 rings (SSSR count). The maximum absolute atomic E-state index is 8.88. The van der Waals surface area contributed by atoms with Crippen LogP contribution in [-0.4, -0.2) is 0 Å². The highest BCUT2D eigenvalue weighted by molar-refractivity contribution is 7.99. The Hall–Kier alpha value is -2.50. The molecule has 0 unspecified atom stereocenters. The molecule has 0 spiro atoms. The highest BCUT2D eigenvalue weighted by atomic mass is 32.2. The zero-order chi connectivity index (χ0) is 16.8. The molecule has 3 aromatic rings. The number of nitriles is 1. The van der Waals surface area contributed by atoms with Crippen molar-refractivity contribution >= 4 is 11.8 Å². The lowest BCUT2D eigenvalue weighted by Gasteiger charge is -2.06. The van der Waals surface area contributed by atoms with Crippen LogP contribution in [0.25, 0.3) is 11.1 Å². The second-order valence-electron chi connectivity index (χ2n) is 5.71. The SMILES string of the molecule is CCCc1cccc(Sc2ccc(-c3ccc(C#N)cc3)cc2)c1. The topological polar surface area (TPSA) is 23.8 Å². The smallest absolute Gasteiger partial charge is 0.0991 e. The first kappa shape index (κ1) is 16.4. The predicted molar refractivity (Wildman–Crippen MR) is 101 cm³/mol. The van der Waals surface area contributed by atoms with Crippen LogP contribution in [-0.2, 0) is 6.42 Å². The molecule has 24 heavy (non-hydrogen) atoms. The van der Waals surface area contributed by atoms with E-state index >= 15 is 0 Å². The molecule has 0 aliphatic carbocycles. The van der Waals surface area contributed by atoms with E-state index in [0.29, 0.717) is 5.56 Å². The van der Waals surface area contributed by atoms with Crippen molar-refractivity contribution in [2.75, 3.05) is 0 Å². The van der Waals surface area contributed by atoms with Crippen LogP contribution in [0.3, 0.4) is 0 Å². The minimum absolute atomic E-state index is 0.692. The summed E-state index contributed by atoms with van der Waals surface area (Å²) in [7, 11) is 0. The van der Waals surface area contributed by atoms with E-state index in [9.17, 15) is 0 Å². The van der Waals surface area contributed by atoms with E-state index in [-0.39, 0.29) is 0 Å². The van der Waals surface area contributed by atoms with Crippen LogP contribution in [0.15, 0.2) is 82.6 Å². The fourth-order valence-electron chi connectivity index (χ4n) is 2.64. The van der Waals surface area contributed by atoms with Gasteiger partial charge in [-0.25, -0.2) is 0 Å². The Morgan fingerprint density at radius 2 is 1.50 bits per heavy atom. The Bertz CT molecular complexity index is 842. The molecule has 0 radical (unpaired) electrons. The van der Waals surface area contributed by atoms with Crippen LogP contribution >= 0.6 is 11.8 Å². The highest BCUT2D eigenvalue weighted by Crippen LogP contribution is 2.30. The van der Waals surface area contributed by atoms with E-state index in [1.165, 1.54) is 27.3 Å². The summed E-state index contributed by atoms with van der Waals surface area (Å²) in [6, 6.07) is 27.2. The van der Waals surface area contributed by atoms with Gasteiger partial charge in [0.15, 0.2) is 0 Å². The molecule has 0 heterocycles. The monoisotopic (exact) mass is 329 g/mol. The third-order valence-electron chi connectivity index (χ3n) is 3.87. The molecule has 0 amide bonds. The molecule has 0 bridgehead atoms. The largest absolute Gasteiger partial charge is 0.192 e. The normalized spacial score (nSPS) is 10.3. The summed E-state index contributed by atoms with van der Waals surface area (Å²) in [4.78, 5) is 2.52. The van der Waals surface area contributed by atoms with Gasteiger partial charge < -0.3 is 0 Å². The van der Waals surface area contributed by atoms with E-state index in [1.54, 1.807) is 11.8 Å². The van der Waals surface area contributed by atoms with Gasteiger partial charge in [-0.15, -0.1) is 0 Å². The Kier molecular flexibility index (Phi) is 5.36. The maximum atomic E-state index is 8.88. The van der Waals surface area contributed by atoms with Gasteiger partial charge in [-0.3, -0.25) is 0 Å². The van der Waals surface area contributed by atoms with Crippen molar-refractivity contribution in [3.8, 4) is 17.2 Å². The van der Waals surface area contributed by atoms with Crippen molar-refractivity contribution in [3.05, 3.63) is 83.9 Å². The number of nitrogens with zero attached hydrogens (tertiary/aromatic N) is 1. The minimum atomic E-state index is 0.692. The second-order valence-corrected chi connectivity index (χ2v) is 6.86. The molecule has 0 fully saturated rings. The van der Waals surface area contributed by atoms with Gasteiger partial charge in [0, 0.05) is 9.79 Å². The van der Waals surface area contributed by atoms with Crippen LogP contribution in [0.5, 0.6) is 0 Å². The lowest BCUT2D eigenvalue weighted by atomic mass is 10.0. The standard InChI is InChI=1S/C22H19NS/c1-2-4-17-5-3-6-22(15-17)24-21-13-11-20(12-14-21)19-9-7-18(16-23)8-10-19/h3,5-15H,2,4H2,1H3. The van der Waals surface area contributed by atoms with E-state index in [2.05, 4.69) is 61.5 Å². The quantitative estimate of drug-likeness (QED) is 0.546. The van der Waals surface area contributed by atoms with Crippen LogP contribution in [0.2, 0.25) is 0 Å². The van der Waals surface area contributed by atoms with Crippen molar-refractivity contribution in [1.82, 2.24) is 0 Å². The van der Waals surface area contributed by atoms with Gasteiger partial charge in [0.1, 0.15) is 0 Å². The molecule has 0 aliphatic heterocycles. The van der Waals surface area contributed by atoms with Crippen LogP contribution < -0.4 is 0 Å². The van der Waals surface area contributed by atoms with Gasteiger partial charge in [0.2, 0.25) is 0 Å². The Morgan fingerprint density at radius 3 is 2.12 bits per heavy atom. The van der Waals surface area contributed by atoms with Crippen LogP contribution in [0, 0.1) is 11.3 Å². The Morgan fingerprint density at radius 1 is 0.833 bits per heavy atom. The summed E-state index contributed by atoms with van der Waals surface area (Å²) in [6.45, 7) is 2.21. The number of benzene rings is 3. The number of rotatable bonds is 5. The first-order valence-corrected chi connectivity index (χ1v) is 8.97. The second kappa shape index (κ2) is 7.86. The summed E-state index contributed by atoms with van der Waals surface area (Å²) in [5, 5.41) is 8.88. The van der Waals surface area contributed by atoms with E-state index in [4.69, 9.17) is 5.26 Å². The number of hydrogen-bond donors (Lipinski definition) is 0. The fourth-order valence-corrected chi connectivity index (χ4v) is 3.54. The first-order valence-electron chi connectivity index (χ1n) is 8.16. The number of hydrogen-bond acceptors (Lipinski definition) is 2. The zero-order valence-electron chi connectivity index (χ0n) is 13.7. The molecule has 0 atom stereocenters. The van der Waals surface area contributed by atoms with Crippen molar-refractivity contribution < 1.29 is 0 Å². The van der Waals surface area contributed by atoms with E-state index < -0.39 is 0 Å². The third-order valence-corrected chi connectivity index (χ3v) is 4.87. The summed E-state index contributed by atoms with van der Waals surface area (Å²) in [5.41, 5.74) is 4.40. The van der Waals surface area contributed by atoms with Crippen LogP contribution in [0.1, 0.15) is 24.5 Å². The average molecular weight is 329 g/mol. The predicted octanol–water partition coefficient (Wildman–Crippen LogP) is 6.33. The molecule has 0 saturated carbocycles. The Balaban J connectivity index is 1.74. The average Bonchev–Trinajstić information content (AvgIpc) is 2.63. The summed E-state index contributed by atoms with van der Waals surface area (Å²) >= 11 is 1.79. The van der Waals surface area contributed by atoms with E-state index in [0.717, 1.165) is 12.0 Å². The van der Waals surface area contributed by atoms with Crippen molar-refractivity contribution in [2.45, 2.75) is 29.6 Å². The Labute approximate surface area is 148 Å². The molecular formula is C22H19NS. The molecule has 0 N–H and O–H groups in total. The lowest BCUT2D eigenvalue weighted by Crippen LogP contribution is -1.83. The van der Waals surface area contributed by atoms with Gasteiger partial charge in [-0.2, -0.15) is 5.26 Å². The zero-order valence-corrected chi connectivity index (χ0v) is 14.5. The number of aryl methyl sites for hydroxylation is 1. The minimum Gasteiger partial charge on any atom is -0.192 e. The molecule has 3 aromatic carbocycles. The molecule has 0 aromatic heterocycles. The van der Waals surface area contributed by atoms with Gasteiger partial charge in [0.05, 0.1) is 11.6 Å². The maximum Gasteiger partial charge on any atom is 0.0991 e. The third kappa shape index (κ3) is 4.07. The fraction of sp³-hybridized carbons (Fsp3) is 0.136.